The first-order chi connectivity index (χ1) is 13.9. The number of carbonyl (C=O) groups excluding carboxylic acids is 1. The van der Waals surface area contributed by atoms with Gasteiger partial charge in [0, 0.05) is 24.8 Å². The molecule has 0 aliphatic heterocycles. The number of ether oxygens (including phenoxy) is 1. The van der Waals surface area contributed by atoms with Crippen LogP contribution in [-0.2, 0) is 25.0 Å². The van der Waals surface area contributed by atoms with Crippen molar-refractivity contribution in [1.82, 2.24) is 0 Å². The van der Waals surface area contributed by atoms with Crippen LogP contribution in [0.15, 0.2) is 34.9 Å². The molecule has 0 heterocycles. The summed E-state index contributed by atoms with van der Waals surface area (Å²) in [7, 11) is -3.74. The summed E-state index contributed by atoms with van der Waals surface area (Å²) in [6.45, 7) is 8.72. The molecule has 1 N–H and O–H groups in total. The molecular formula is C20H28N2O7S. The molecule has 0 amide bonds. The number of nitrogens with zero attached hydrogens (tertiary/aromatic N) is 2. The summed E-state index contributed by atoms with van der Waals surface area (Å²) in [6.07, 6.45) is 1.18. The number of nitro benzene ring substituents is 1. The number of nitro groups is 1. The molecule has 1 aromatic rings. The number of hydrogen-bond acceptors (Lipinski definition) is 8. The zero-order valence-electron chi connectivity index (χ0n) is 18.0. The Balaban J connectivity index is 0.00000407. The third kappa shape index (κ3) is 6.64. The SMILES string of the molecule is CC.CCC(=O)/C=C(\C)OC(CC)C(O)(C#N)c1ccc(S(C)(=O)=O)cc1[N+](=O)[O-]. The molecule has 0 radical (unpaired) electrons. The van der Waals surface area contributed by atoms with E-state index >= 15 is 0 Å². The number of carbonyl (C=O) groups is 1. The van der Waals surface area contributed by atoms with Crippen molar-refractivity contribution in [1.29, 1.82) is 5.26 Å². The lowest BCUT2D eigenvalue weighted by Gasteiger charge is -2.30. The third-order valence-corrected chi connectivity index (χ3v) is 5.16. The largest absolute Gasteiger partial charge is 0.490 e. The monoisotopic (exact) mass is 440 g/mol. The van der Waals surface area contributed by atoms with Crippen molar-refractivity contribution in [3.8, 4) is 6.07 Å². The van der Waals surface area contributed by atoms with E-state index in [1.165, 1.54) is 13.0 Å². The number of nitriles is 1. The number of rotatable bonds is 9. The van der Waals surface area contributed by atoms with Crippen LogP contribution < -0.4 is 0 Å². The summed E-state index contributed by atoms with van der Waals surface area (Å²) >= 11 is 0. The highest BCUT2D eigenvalue weighted by Crippen LogP contribution is 2.37. The second kappa shape index (κ2) is 11.4. The summed E-state index contributed by atoms with van der Waals surface area (Å²) in [5.41, 5.74) is -3.56. The van der Waals surface area contributed by atoms with Crippen molar-refractivity contribution in [2.24, 2.45) is 0 Å². The first-order valence-corrected chi connectivity index (χ1v) is 11.3. The van der Waals surface area contributed by atoms with Gasteiger partial charge in [-0.25, -0.2) is 8.42 Å². The Morgan fingerprint density at radius 3 is 2.37 bits per heavy atom. The highest BCUT2D eigenvalue weighted by atomic mass is 32.2. The van der Waals surface area contributed by atoms with Gasteiger partial charge in [-0.1, -0.05) is 27.7 Å². The minimum absolute atomic E-state index is 0.0839. The molecule has 0 saturated carbocycles. The Morgan fingerprint density at radius 2 is 1.97 bits per heavy atom. The molecule has 0 aliphatic carbocycles. The number of hydrogen-bond donors (Lipinski definition) is 1. The predicted octanol–water partition coefficient (Wildman–Crippen LogP) is 3.41. The number of aliphatic hydroxyl groups is 1. The third-order valence-electron chi connectivity index (χ3n) is 4.05. The lowest BCUT2D eigenvalue weighted by atomic mass is 9.86. The molecule has 0 aliphatic rings. The summed E-state index contributed by atoms with van der Waals surface area (Å²) in [6, 6.07) is 4.54. The van der Waals surface area contributed by atoms with E-state index in [1.807, 2.05) is 13.8 Å². The Bertz CT molecular complexity index is 948. The molecular weight excluding hydrogens is 412 g/mol. The second-order valence-corrected chi connectivity index (χ2v) is 8.19. The predicted molar refractivity (Wildman–Crippen MR) is 111 cm³/mol. The summed E-state index contributed by atoms with van der Waals surface area (Å²) < 4.78 is 28.9. The average Bonchev–Trinajstić information content (AvgIpc) is 2.71. The van der Waals surface area contributed by atoms with E-state index < -0.39 is 37.7 Å². The minimum Gasteiger partial charge on any atom is -0.490 e. The van der Waals surface area contributed by atoms with Gasteiger partial charge in [0.2, 0.25) is 5.60 Å². The molecule has 0 saturated heterocycles. The van der Waals surface area contributed by atoms with Crippen molar-refractivity contribution >= 4 is 21.3 Å². The van der Waals surface area contributed by atoms with Crippen molar-refractivity contribution in [3.05, 3.63) is 45.7 Å². The Kier molecular flexibility index (Phi) is 10.4. The van der Waals surface area contributed by atoms with E-state index in [4.69, 9.17) is 4.74 Å². The van der Waals surface area contributed by atoms with Gasteiger partial charge >= 0.3 is 0 Å². The van der Waals surface area contributed by atoms with Crippen LogP contribution in [0, 0.1) is 21.4 Å². The fourth-order valence-electron chi connectivity index (χ4n) is 2.57. The van der Waals surface area contributed by atoms with Crippen molar-refractivity contribution in [3.63, 3.8) is 0 Å². The van der Waals surface area contributed by atoms with E-state index in [0.717, 1.165) is 24.5 Å². The van der Waals surface area contributed by atoms with Gasteiger partial charge in [-0.3, -0.25) is 14.9 Å². The Morgan fingerprint density at radius 1 is 1.40 bits per heavy atom. The second-order valence-electron chi connectivity index (χ2n) is 6.18. The van der Waals surface area contributed by atoms with Gasteiger partial charge in [0.1, 0.15) is 12.2 Å². The minimum atomic E-state index is -3.74. The number of benzene rings is 1. The highest BCUT2D eigenvalue weighted by molar-refractivity contribution is 7.90. The van der Waals surface area contributed by atoms with Crippen molar-refractivity contribution < 1.29 is 28.0 Å². The van der Waals surface area contributed by atoms with Crippen LogP contribution in [0.5, 0.6) is 0 Å². The fraction of sp³-hybridized carbons (Fsp3) is 0.500. The van der Waals surface area contributed by atoms with Gasteiger partial charge < -0.3 is 9.84 Å². The van der Waals surface area contributed by atoms with Crippen molar-refractivity contribution in [2.45, 2.75) is 64.1 Å². The van der Waals surface area contributed by atoms with Crippen LogP contribution in [0.4, 0.5) is 5.69 Å². The molecule has 9 nitrogen and oxygen atoms in total. The molecule has 10 heteroatoms. The Labute approximate surface area is 177 Å². The summed E-state index contributed by atoms with van der Waals surface area (Å²) in [5, 5.41) is 32.0. The van der Waals surface area contributed by atoms with Crippen molar-refractivity contribution in [2.75, 3.05) is 6.26 Å². The molecule has 30 heavy (non-hydrogen) atoms. The van der Waals surface area contributed by atoms with Crippen LogP contribution in [0.3, 0.4) is 0 Å². The molecule has 0 aromatic heterocycles. The number of sulfone groups is 1. The van der Waals surface area contributed by atoms with Gasteiger partial charge in [-0.15, -0.1) is 0 Å². The molecule has 166 valence electrons. The highest BCUT2D eigenvalue weighted by Gasteiger charge is 2.45. The molecule has 0 bridgehead atoms. The topological polar surface area (TPSA) is 148 Å². The average molecular weight is 441 g/mol. The maximum Gasteiger partial charge on any atom is 0.278 e. The zero-order valence-corrected chi connectivity index (χ0v) is 18.8. The zero-order chi connectivity index (χ0) is 23.7. The number of ketones is 1. The van der Waals surface area contributed by atoms with Gasteiger partial charge in [0.25, 0.3) is 5.69 Å². The fourth-order valence-corrected chi connectivity index (χ4v) is 3.21. The van der Waals surface area contributed by atoms with Gasteiger partial charge in [-0.2, -0.15) is 5.26 Å². The smallest absolute Gasteiger partial charge is 0.278 e. The van der Waals surface area contributed by atoms with E-state index in [2.05, 4.69) is 0 Å². The lowest BCUT2D eigenvalue weighted by Crippen LogP contribution is -2.40. The van der Waals surface area contributed by atoms with E-state index in [9.17, 15) is 33.7 Å². The van der Waals surface area contributed by atoms with Gasteiger partial charge in [0.05, 0.1) is 21.1 Å². The van der Waals surface area contributed by atoms with Crippen LogP contribution in [0.1, 0.15) is 53.0 Å². The lowest BCUT2D eigenvalue weighted by molar-refractivity contribution is -0.386. The summed E-state index contributed by atoms with van der Waals surface area (Å²) in [5.74, 6) is -0.0841. The molecule has 0 spiro atoms. The van der Waals surface area contributed by atoms with E-state index in [0.29, 0.717) is 0 Å². The normalized spacial score (nSPS) is 14.4. The number of allylic oxidation sites excluding steroid dienone is 2. The van der Waals surface area contributed by atoms with Crippen LogP contribution in [0.2, 0.25) is 0 Å². The maximum atomic E-state index is 11.7. The van der Waals surface area contributed by atoms with Gasteiger partial charge in [0.15, 0.2) is 15.6 Å². The molecule has 2 atom stereocenters. The summed E-state index contributed by atoms with van der Waals surface area (Å²) in [4.78, 5) is 21.8. The molecule has 1 rings (SSSR count). The maximum absolute atomic E-state index is 11.7. The first kappa shape index (κ1) is 27.2. The molecule has 1 aromatic carbocycles. The van der Waals surface area contributed by atoms with E-state index in [1.54, 1.807) is 19.9 Å². The van der Waals surface area contributed by atoms with Crippen LogP contribution in [0.25, 0.3) is 0 Å². The quantitative estimate of drug-likeness (QED) is 0.202. The standard InChI is InChI=1S/C18H22N2O7S.C2H6/c1-5-13(21)9-12(3)27-17(6-2)18(22,11-19)15-8-7-14(28(4,25)26)10-16(15)20(23)24;1-2/h7-10,17,22H,5-6H2,1-4H3;1-2H3/b12-9+;. The van der Waals surface area contributed by atoms with Crippen LogP contribution >= 0.6 is 0 Å². The van der Waals surface area contributed by atoms with Crippen LogP contribution in [-0.4, -0.2) is 36.6 Å². The Hall–Kier alpha value is -2.77. The van der Waals surface area contributed by atoms with E-state index in [-0.39, 0.29) is 29.3 Å². The van der Waals surface area contributed by atoms with Gasteiger partial charge in [-0.05, 0) is 25.5 Å². The molecule has 0 fully saturated rings. The first-order valence-electron chi connectivity index (χ1n) is 9.41. The molecule has 2 unspecified atom stereocenters.